The molecule has 1 atom stereocenters. The van der Waals surface area contributed by atoms with Gasteiger partial charge in [-0.25, -0.2) is 4.39 Å². The molecule has 0 amide bonds. The van der Waals surface area contributed by atoms with Gasteiger partial charge in [-0.2, -0.15) is 0 Å². The minimum atomic E-state index is -2.06. The molecule has 0 N–H and O–H groups in total. The van der Waals surface area contributed by atoms with Gasteiger partial charge in [0.1, 0.15) is 12.4 Å². The molecule has 5 heteroatoms. The minimum absolute atomic E-state index is 0.135. The second-order valence-corrected chi connectivity index (χ2v) is 5.60. The molecule has 0 saturated carbocycles. The zero-order valence-electron chi connectivity index (χ0n) is 9.91. The Labute approximate surface area is 124 Å². The molecule has 19 heavy (non-hydrogen) atoms. The molecule has 0 heterocycles. The first-order valence-corrected chi connectivity index (χ1v) is 6.80. The lowest BCUT2D eigenvalue weighted by Gasteiger charge is -2.24. The Hall–Kier alpha value is -1.13. The molecule has 1 unspecified atom stereocenters. The Morgan fingerprint density at radius 2 is 2.11 bits per heavy atom. The lowest BCUT2D eigenvalue weighted by molar-refractivity contribution is -0.104. The summed E-state index contributed by atoms with van der Waals surface area (Å²) < 4.78 is 19.6. The fraction of sp³-hybridized carbons (Fsp3) is 0.214. The Morgan fingerprint density at radius 3 is 2.74 bits per heavy atom. The number of hydrogen-bond donors (Lipinski definition) is 0. The number of halogens is 3. The molecule has 0 aromatic heterocycles. The fourth-order valence-electron chi connectivity index (χ4n) is 1.69. The predicted octanol–water partition coefficient (Wildman–Crippen LogP) is 4.24. The van der Waals surface area contributed by atoms with Gasteiger partial charge in [0.15, 0.2) is 6.29 Å². The number of rotatable bonds is 4. The summed E-state index contributed by atoms with van der Waals surface area (Å²) in [7, 11) is 0. The monoisotopic (exact) mass is 344 g/mol. The topological polar surface area (TPSA) is 26.3 Å². The van der Waals surface area contributed by atoms with Crippen molar-refractivity contribution in [1.82, 2.24) is 0 Å². The van der Waals surface area contributed by atoms with Crippen molar-refractivity contribution in [3.8, 4) is 0 Å². The number of benzene rings is 1. The van der Waals surface area contributed by atoms with Crippen LogP contribution in [0, 0.1) is 0 Å². The number of carbonyl (C=O) groups excluding carboxylic acids is 1. The zero-order valence-corrected chi connectivity index (χ0v) is 12.2. The number of carbonyl (C=O) groups is 1. The van der Waals surface area contributed by atoms with E-state index in [-0.39, 0.29) is 23.3 Å². The molecule has 2 nitrogen and oxygen atoms in total. The van der Waals surface area contributed by atoms with Crippen LogP contribution in [0.4, 0.5) is 4.39 Å². The van der Waals surface area contributed by atoms with Crippen LogP contribution in [0.25, 0.3) is 0 Å². The summed E-state index contributed by atoms with van der Waals surface area (Å²) in [6, 6.07) is 9.43. The number of ether oxygens (including phenoxy) is 1. The van der Waals surface area contributed by atoms with Crippen LogP contribution in [0.5, 0.6) is 0 Å². The number of aldehydes is 1. The molecule has 1 aromatic rings. The molecule has 0 aliphatic heterocycles. The standard InChI is InChI=1S/C14H11BrClFO2/c15-13-6-11(8-18)12(7-14(13,16)17)19-9-10-4-2-1-3-5-10/h1-6,8H,7,9H2. The maximum Gasteiger partial charge on any atom is 0.222 e. The number of allylic oxidation sites excluding steroid dienone is 4. The minimum Gasteiger partial charge on any atom is -0.492 e. The smallest absolute Gasteiger partial charge is 0.222 e. The highest BCUT2D eigenvalue weighted by Gasteiger charge is 2.36. The third kappa shape index (κ3) is 3.45. The van der Waals surface area contributed by atoms with Crippen molar-refractivity contribution in [1.29, 1.82) is 0 Å². The normalized spacial score (nSPS) is 23.0. The first-order valence-electron chi connectivity index (χ1n) is 5.63. The summed E-state index contributed by atoms with van der Waals surface area (Å²) in [4.78, 5) is 11.0. The lowest BCUT2D eigenvalue weighted by atomic mass is 10.0. The van der Waals surface area contributed by atoms with Crippen molar-refractivity contribution < 1.29 is 13.9 Å². The summed E-state index contributed by atoms with van der Waals surface area (Å²) in [6.45, 7) is 0.270. The van der Waals surface area contributed by atoms with Gasteiger partial charge in [0, 0.05) is 4.48 Å². The highest BCUT2D eigenvalue weighted by Crippen LogP contribution is 2.42. The third-order valence-electron chi connectivity index (χ3n) is 2.72. The molecule has 2 rings (SSSR count). The van der Waals surface area contributed by atoms with Gasteiger partial charge in [-0.05, 0) is 11.6 Å². The van der Waals surface area contributed by atoms with E-state index >= 15 is 0 Å². The average molecular weight is 346 g/mol. The first-order chi connectivity index (χ1) is 9.03. The third-order valence-corrected chi connectivity index (χ3v) is 4.14. The molecule has 0 radical (unpaired) electrons. The van der Waals surface area contributed by atoms with E-state index in [1.807, 2.05) is 30.3 Å². The van der Waals surface area contributed by atoms with E-state index in [0.29, 0.717) is 11.9 Å². The molecule has 0 fully saturated rings. The predicted molar refractivity (Wildman–Crippen MR) is 75.6 cm³/mol. The molecule has 1 aliphatic carbocycles. The van der Waals surface area contributed by atoms with Crippen molar-refractivity contribution in [3.63, 3.8) is 0 Å². The van der Waals surface area contributed by atoms with E-state index in [1.165, 1.54) is 6.08 Å². The first kappa shape index (κ1) is 14.3. The Bertz CT molecular complexity index is 538. The summed E-state index contributed by atoms with van der Waals surface area (Å²) in [5.74, 6) is 0.263. The second-order valence-electron chi connectivity index (χ2n) is 4.14. The number of alkyl halides is 2. The summed E-state index contributed by atoms with van der Waals surface area (Å²) in [5, 5.41) is -2.06. The van der Waals surface area contributed by atoms with Crippen LogP contribution >= 0.6 is 27.5 Å². The maximum atomic E-state index is 14.0. The van der Waals surface area contributed by atoms with Crippen molar-refractivity contribution >= 4 is 33.8 Å². The highest BCUT2D eigenvalue weighted by molar-refractivity contribution is 9.11. The van der Waals surface area contributed by atoms with E-state index in [1.54, 1.807) is 0 Å². The highest BCUT2D eigenvalue weighted by atomic mass is 79.9. The van der Waals surface area contributed by atoms with Crippen molar-refractivity contribution in [2.24, 2.45) is 0 Å². The van der Waals surface area contributed by atoms with Crippen LogP contribution in [0.1, 0.15) is 12.0 Å². The molecular formula is C14H11BrClFO2. The molecule has 0 saturated heterocycles. The number of hydrogen-bond acceptors (Lipinski definition) is 2. The molecule has 0 spiro atoms. The summed E-state index contributed by atoms with van der Waals surface area (Å²) in [6.07, 6.45) is 1.81. The van der Waals surface area contributed by atoms with E-state index in [0.717, 1.165) is 5.56 Å². The van der Waals surface area contributed by atoms with Crippen LogP contribution in [0.2, 0.25) is 0 Å². The Balaban J connectivity index is 2.15. The van der Waals surface area contributed by atoms with Gasteiger partial charge in [-0.1, -0.05) is 57.9 Å². The summed E-state index contributed by atoms with van der Waals surface area (Å²) >= 11 is 8.73. The van der Waals surface area contributed by atoms with Gasteiger partial charge in [0.05, 0.1) is 12.0 Å². The molecular weight excluding hydrogens is 335 g/mol. The van der Waals surface area contributed by atoms with Gasteiger partial charge in [-0.3, -0.25) is 4.79 Å². The van der Waals surface area contributed by atoms with Crippen LogP contribution in [0.3, 0.4) is 0 Å². The van der Waals surface area contributed by atoms with Crippen LogP contribution < -0.4 is 0 Å². The van der Waals surface area contributed by atoms with E-state index < -0.39 is 5.13 Å². The quantitative estimate of drug-likeness (QED) is 0.602. The average Bonchev–Trinajstić information content (AvgIpc) is 2.40. The van der Waals surface area contributed by atoms with Crippen molar-refractivity contribution in [2.75, 3.05) is 0 Å². The van der Waals surface area contributed by atoms with Gasteiger partial charge in [0.2, 0.25) is 5.13 Å². The van der Waals surface area contributed by atoms with E-state index in [4.69, 9.17) is 16.3 Å². The van der Waals surface area contributed by atoms with E-state index in [9.17, 15) is 9.18 Å². The molecule has 100 valence electrons. The second kappa shape index (κ2) is 5.88. The lowest BCUT2D eigenvalue weighted by Crippen LogP contribution is -2.21. The molecule has 0 bridgehead atoms. The van der Waals surface area contributed by atoms with E-state index in [2.05, 4.69) is 15.9 Å². The van der Waals surface area contributed by atoms with Crippen LogP contribution in [0.15, 0.2) is 52.2 Å². The van der Waals surface area contributed by atoms with Gasteiger partial charge >= 0.3 is 0 Å². The SMILES string of the molecule is O=CC1=C(OCc2ccccc2)CC(F)(Cl)C(Br)=C1. The Kier molecular flexibility index (Phi) is 4.42. The van der Waals surface area contributed by atoms with Crippen LogP contribution in [-0.2, 0) is 16.1 Å². The van der Waals surface area contributed by atoms with Gasteiger partial charge < -0.3 is 4.74 Å². The van der Waals surface area contributed by atoms with Crippen molar-refractivity contribution in [3.05, 3.63) is 57.8 Å². The van der Waals surface area contributed by atoms with Gasteiger partial charge in [0.25, 0.3) is 0 Å². The fourth-order valence-corrected chi connectivity index (χ4v) is 2.25. The van der Waals surface area contributed by atoms with Crippen molar-refractivity contribution in [2.45, 2.75) is 18.2 Å². The largest absolute Gasteiger partial charge is 0.492 e. The summed E-state index contributed by atoms with van der Waals surface area (Å²) in [5.41, 5.74) is 1.24. The van der Waals surface area contributed by atoms with Gasteiger partial charge in [-0.15, -0.1) is 0 Å². The zero-order chi connectivity index (χ0) is 13.9. The molecule has 1 aliphatic rings. The van der Waals surface area contributed by atoms with Crippen LogP contribution in [-0.4, -0.2) is 11.4 Å². The molecule has 1 aromatic carbocycles. The maximum absolute atomic E-state index is 14.0. The Morgan fingerprint density at radius 1 is 1.42 bits per heavy atom.